The predicted molar refractivity (Wildman–Crippen MR) is 312 cm³/mol. The number of carboxylic acids is 1. The van der Waals surface area contributed by atoms with E-state index in [0.717, 1.165) is 83.5 Å². The first-order valence-corrected chi connectivity index (χ1v) is 31.6. The Morgan fingerprint density at radius 1 is 0.442 bits per heavy atom. The molecule has 0 aromatic heterocycles. The molecule has 0 aromatic carbocycles. The number of unbranched alkanes of at least 4 members (excludes halogenated alkanes) is 32. The molecule has 0 saturated carbocycles. The minimum Gasteiger partial charge on any atom is -0.479 e. The summed E-state index contributed by atoms with van der Waals surface area (Å²) in [4.78, 5) is 51.2. The van der Waals surface area contributed by atoms with E-state index in [1.807, 2.05) is 0 Å². The highest BCUT2D eigenvalue weighted by molar-refractivity contribution is 5.74. The van der Waals surface area contributed by atoms with E-state index in [4.69, 9.17) is 23.7 Å². The van der Waals surface area contributed by atoms with E-state index in [2.05, 4.69) is 69.4 Å². The summed E-state index contributed by atoms with van der Waals surface area (Å²) in [6, 6.07) is 0. The van der Waals surface area contributed by atoms with Crippen LogP contribution in [0.2, 0.25) is 0 Å². The molecule has 0 radical (unpaired) electrons. The number of rotatable bonds is 54. The van der Waals surface area contributed by atoms with Gasteiger partial charge in [-0.1, -0.05) is 243 Å². The summed E-state index contributed by atoms with van der Waals surface area (Å²) in [5.74, 6) is -3.14. The summed E-state index contributed by atoms with van der Waals surface area (Å²) >= 11 is 0. The molecule has 0 aromatic rings. The van der Waals surface area contributed by atoms with Crippen LogP contribution in [0, 0.1) is 0 Å². The van der Waals surface area contributed by atoms with Gasteiger partial charge in [0.2, 0.25) is 0 Å². The van der Waals surface area contributed by atoms with Gasteiger partial charge < -0.3 is 39.0 Å². The van der Waals surface area contributed by atoms with Gasteiger partial charge in [0.15, 0.2) is 24.6 Å². The van der Waals surface area contributed by atoms with Gasteiger partial charge in [0, 0.05) is 19.3 Å². The van der Waals surface area contributed by atoms with Crippen molar-refractivity contribution in [1.29, 1.82) is 0 Å². The van der Waals surface area contributed by atoms with Gasteiger partial charge in [-0.2, -0.15) is 0 Å². The molecule has 6 atom stereocenters. The zero-order chi connectivity index (χ0) is 56.1. The van der Waals surface area contributed by atoms with Crippen LogP contribution in [-0.4, -0.2) is 89.2 Å². The Balaban J connectivity index is 2.65. The van der Waals surface area contributed by atoms with Gasteiger partial charge in [0.1, 0.15) is 18.8 Å². The Morgan fingerprint density at radius 2 is 0.818 bits per heavy atom. The van der Waals surface area contributed by atoms with Crippen molar-refractivity contribution in [3.8, 4) is 0 Å². The molecule has 12 nitrogen and oxygen atoms in total. The number of aliphatic carboxylic acids is 1. The first-order chi connectivity index (χ1) is 37.6. The van der Waals surface area contributed by atoms with E-state index in [9.17, 15) is 34.5 Å². The van der Waals surface area contributed by atoms with Gasteiger partial charge in [0.05, 0.1) is 6.61 Å². The third kappa shape index (κ3) is 43.2. The first kappa shape index (κ1) is 71.7. The standard InChI is InChI=1S/C65H114O12/c1-4-7-10-13-16-19-22-25-27-28-29-30-32-34-36-39-42-45-48-51-57(66)73-54-56(75-58(67)52-49-46-43-40-37-33-24-21-18-15-12-9-6-3)55-74-65-63(61(70)60(69)62(77-65)64(71)72)76-59(68)53-50-47-44-41-38-35-31-26-23-20-17-14-11-8-5-2/h9,12,18,21,25,27,33,37,56,60-63,65,69-70H,4-8,10-11,13-17,19-20,22-24,26,28-32,34-36,38-55H2,1-3H3,(H,71,72)/b12-9-,21-18-,27-25-,37-33-. The lowest BCUT2D eigenvalue weighted by atomic mass is 9.98. The van der Waals surface area contributed by atoms with Crippen molar-refractivity contribution in [3.05, 3.63) is 48.6 Å². The van der Waals surface area contributed by atoms with E-state index in [1.54, 1.807) is 0 Å². The number of hydrogen-bond donors (Lipinski definition) is 3. The van der Waals surface area contributed by atoms with Crippen molar-refractivity contribution in [2.24, 2.45) is 0 Å². The van der Waals surface area contributed by atoms with Gasteiger partial charge in [-0.25, -0.2) is 4.79 Å². The monoisotopic (exact) mass is 1090 g/mol. The maximum Gasteiger partial charge on any atom is 0.335 e. The van der Waals surface area contributed by atoms with Crippen LogP contribution >= 0.6 is 0 Å². The maximum absolute atomic E-state index is 13.1. The Hall–Kier alpha value is -3.32. The highest BCUT2D eigenvalue weighted by Gasteiger charge is 2.50. The summed E-state index contributed by atoms with van der Waals surface area (Å²) in [6.45, 7) is 5.88. The van der Waals surface area contributed by atoms with E-state index < -0.39 is 67.3 Å². The molecule has 1 aliphatic rings. The van der Waals surface area contributed by atoms with Crippen LogP contribution in [0.25, 0.3) is 0 Å². The second kappa shape index (κ2) is 53.3. The van der Waals surface area contributed by atoms with Crippen LogP contribution in [0.3, 0.4) is 0 Å². The van der Waals surface area contributed by atoms with Crippen LogP contribution in [0.5, 0.6) is 0 Å². The molecule has 1 aliphatic heterocycles. The molecule has 1 heterocycles. The molecule has 446 valence electrons. The number of carbonyl (C=O) groups excluding carboxylic acids is 3. The minimum atomic E-state index is -1.90. The quantitative estimate of drug-likeness (QED) is 0.0228. The zero-order valence-electron chi connectivity index (χ0n) is 49.2. The largest absolute Gasteiger partial charge is 0.479 e. The normalized spacial score (nSPS) is 18.3. The lowest BCUT2D eigenvalue weighted by molar-refractivity contribution is -0.301. The minimum absolute atomic E-state index is 0.0609. The Kier molecular flexibility index (Phi) is 49.7. The van der Waals surface area contributed by atoms with Crippen molar-refractivity contribution in [2.75, 3.05) is 13.2 Å². The second-order valence-electron chi connectivity index (χ2n) is 21.7. The molecule has 0 aliphatic carbocycles. The fraction of sp³-hybridized carbons (Fsp3) is 0.815. The number of aliphatic hydroxyl groups excluding tert-OH is 2. The lowest BCUT2D eigenvalue weighted by Crippen LogP contribution is -2.61. The van der Waals surface area contributed by atoms with Gasteiger partial charge in [-0.05, 0) is 77.0 Å². The van der Waals surface area contributed by atoms with Crippen molar-refractivity contribution in [2.45, 2.75) is 327 Å². The van der Waals surface area contributed by atoms with E-state index >= 15 is 0 Å². The lowest BCUT2D eigenvalue weighted by Gasteiger charge is -2.40. The third-order valence-corrected chi connectivity index (χ3v) is 14.4. The highest BCUT2D eigenvalue weighted by atomic mass is 16.7. The number of hydrogen-bond acceptors (Lipinski definition) is 11. The molecule has 0 spiro atoms. The number of carbonyl (C=O) groups is 4. The molecule has 1 saturated heterocycles. The van der Waals surface area contributed by atoms with Crippen LogP contribution in [0.4, 0.5) is 0 Å². The average Bonchev–Trinajstić information content (AvgIpc) is 3.42. The van der Waals surface area contributed by atoms with Gasteiger partial charge in [-0.3, -0.25) is 14.4 Å². The van der Waals surface area contributed by atoms with Gasteiger partial charge in [-0.15, -0.1) is 0 Å². The molecule has 3 N–H and O–H groups in total. The van der Waals surface area contributed by atoms with Crippen LogP contribution in [0.1, 0.15) is 290 Å². The molecule has 0 amide bonds. The molecule has 12 heteroatoms. The molecule has 0 bridgehead atoms. The Morgan fingerprint density at radius 3 is 1.27 bits per heavy atom. The fourth-order valence-corrected chi connectivity index (χ4v) is 9.56. The van der Waals surface area contributed by atoms with Crippen molar-refractivity contribution < 1.29 is 58.2 Å². The summed E-state index contributed by atoms with van der Waals surface area (Å²) in [7, 11) is 0. The number of esters is 3. The highest BCUT2D eigenvalue weighted by Crippen LogP contribution is 2.27. The van der Waals surface area contributed by atoms with Crippen LogP contribution < -0.4 is 0 Å². The van der Waals surface area contributed by atoms with E-state index in [0.29, 0.717) is 19.3 Å². The fourth-order valence-electron chi connectivity index (χ4n) is 9.56. The summed E-state index contributed by atoms with van der Waals surface area (Å²) < 4.78 is 28.5. The van der Waals surface area contributed by atoms with Crippen LogP contribution in [-0.2, 0) is 42.9 Å². The van der Waals surface area contributed by atoms with Gasteiger partial charge in [0.25, 0.3) is 0 Å². The summed E-state index contributed by atoms with van der Waals surface area (Å²) in [6.07, 6.45) is 52.2. The second-order valence-corrected chi connectivity index (χ2v) is 21.7. The van der Waals surface area contributed by atoms with E-state index in [1.165, 1.54) is 148 Å². The Bertz CT molecular complexity index is 1520. The molecular weight excluding hydrogens is 973 g/mol. The zero-order valence-corrected chi connectivity index (χ0v) is 49.2. The Labute approximate surface area is 469 Å². The first-order valence-electron chi connectivity index (χ1n) is 31.6. The van der Waals surface area contributed by atoms with Crippen molar-refractivity contribution in [3.63, 3.8) is 0 Å². The third-order valence-electron chi connectivity index (χ3n) is 14.4. The molecular formula is C65H114O12. The molecule has 6 unspecified atom stereocenters. The average molecular weight is 1090 g/mol. The number of carboxylic acid groups (broad SMARTS) is 1. The van der Waals surface area contributed by atoms with E-state index in [-0.39, 0.29) is 25.9 Å². The maximum atomic E-state index is 13.1. The summed E-state index contributed by atoms with van der Waals surface area (Å²) in [5.41, 5.74) is 0. The molecule has 1 fully saturated rings. The van der Waals surface area contributed by atoms with Crippen molar-refractivity contribution in [1.82, 2.24) is 0 Å². The molecule has 1 rings (SSSR count). The number of allylic oxidation sites excluding steroid dienone is 8. The SMILES string of the molecule is CC/C=C\C/C=C\C/C=C\CCCCCC(=O)OC(COC(=O)CCCCCCCCCCC/C=C\CCCCCCCC)COC1OC(C(=O)O)C(O)C(O)C1OC(=O)CCCCCCCCCCCCCCCCC. The predicted octanol–water partition coefficient (Wildman–Crippen LogP) is 16.6. The van der Waals surface area contributed by atoms with Crippen LogP contribution in [0.15, 0.2) is 48.6 Å². The summed E-state index contributed by atoms with van der Waals surface area (Å²) in [5, 5.41) is 31.5. The number of ether oxygens (including phenoxy) is 5. The smallest absolute Gasteiger partial charge is 0.335 e. The number of aliphatic hydroxyl groups is 2. The molecule has 77 heavy (non-hydrogen) atoms. The van der Waals surface area contributed by atoms with Gasteiger partial charge >= 0.3 is 23.9 Å². The topological polar surface area (TPSA) is 175 Å². The van der Waals surface area contributed by atoms with Crippen molar-refractivity contribution >= 4 is 23.9 Å².